The van der Waals surface area contributed by atoms with Crippen LogP contribution in [0.2, 0.25) is 0 Å². The van der Waals surface area contributed by atoms with E-state index in [0.717, 1.165) is 67.4 Å². The Morgan fingerprint density at radius 1 is 1.12 bits per heavy atom. The van der Waals surface area contributed by atoms with Gasteiger partial charge in [0.05, 0.1) is 18.4 Å². The molecule has 180 valence electrons. The number of fused-ring (bicyclic) bond motifs is 1. The van der Waals surface area contributed by atoms with E-state index in [0.29, 0.717) is 11.7 Å². The Hall–Kier alpha value is -2.85. The number of carbonyl (C=O) groups excluding carboxylic acids is 2. The van der Waals surface area contributed by atoms with E-state index in [9.17, 15) is 9.59 Å². The molecule has 3 N–H and O–H groups in total. The third-order valence-corrected chi connectivity index (χ3v) is 7.45. The molecule has 0 radical (unpaired) electrons. The number of nitrogens with zero attached hydrogens (tertiary/aromatic N) is 3. The Labute approximate surface area is 202 Å². The second-order valence-electron chi connectivity index (χ2n) is 8.94. The lowest BCUT2D eigenvalue weighted by atomic mass is 9.96. The van der Waals surface area contributed by atoms with Gasteiger partial charge < -0.3 is 15.0 Å². The molecule has 3 aromatic rings. The van der Waals surface area contributed by atoms with Crippen LogP contribution in [0, 0.1) is 0 Å². The summed E-state index contributed by atoms with van der Waals surface area (Å²) in [6.45, 7) is 1.38. The second-order valence-corrected chi connectivity index (χ2v) is 9.89. The van der Waals surface area contributed by atoms with Crippen molar-refractivity contribution in [2.24, 2.45) is 0 Å². The highest BCUT2D eigenvalue weighted by molar-refractivity contribution is 7.99. The van der Waals surface area contributed by atoms with E-state index in [1.54, 1.807) is 0 Å². The van der Waals surface area contributed by atoms with Crippen LogP contribution >= 0.6 is 11.8 Å². The van der Waals surface area contributed by atoms with Gasteiger partial charge in [-0.05, 0) is 31.7 Å². The summed E-state index contributed by atoms with van der Waals surface area (Å²) in [7, 11) is 0. The molecule has 5 rings (SSSR count). The van der Waals surface area contributed by atoms with E-state index in [4.69, 9.17) is 4.74 Å². The average molecular weight is 483 g/mol. The smallest absolute Gasteiger partial charge is 0.321 e. The highest BCUT2D eigenvalue weighted by atomic mass is 32.2. The molecular formula is C24H30N6O3S. The largest absolute Gasteiger partial charge is 0.376 e. The van der Waals surface area contributed by atoms with Gasteiger partial charge in [0.2, 0.25) is 5.91 Å². The number of nitrogens with one attached hydrogen (secondary N) is 3. The number of aromatic amines is 1. The number of urea groups is 1. The maximum atomic E-state index is 12.5. The van der Waals surface area contributed by atoms with Crippen LogP contribution in [0.15, 0.2) is 35.6 Å². The van der Waals surface area contributed by atoms with Crippen molar-refractivity contribution in [3.63, 3.8) is 0 Å². The topological polar surface area (TPSA) is 114 Å². The number of H-pyrrole nitrogens is 1. The molecule has 2 aliphatic rings. The molecule has 3 heterocycles. The highest BCUT2D eigenvalue weighted by Crippen LogP contribution is 2.31. The van der Waals surface area contributed by atoms with Crippen LogP contribution in [-0.4, -0.2) is 56.2 Å². The molecule has 3 amide bonds. The highest BCUT2D eigenvalue weighted by Gasteiger charge is 2.24. The zero-order chi connectivity index (χ0) is 23.3. The monoisotopic (exact) mass is 482 g/mol. The molecule has 1 aliphatic carbocycles. The van der Waals surface area contributed by atoms with E-state index in [2.05, 4.69) is 31.9 Å². The number of rotatable bonds is 7. The van der Waals surface area contributed by atoms with Gasteiger partial charge in [0, 0.05) is 35.3 Å². The molecular weight excluding hydrogens is 452 g/mol. The molecule has 0 spiro atoms. The maximum absolute atomic E-state index is 12.5. The fraction of sp³-hybridized carbons (Fsp3) is 0.500. The van der Waals surface area contributed by atoms with Crippen LogP contribution in [0.4, 0.5) is 4.79 Å². The van der Waals surface area contributed by atoms with Crippen molar-refractivity contribution in [3.05, 3.63) is 30.5 Å². The lowest BCUT2D eigenvalue weighted by molar-refractivity contribution is -0.117. The van der Waals surface area contributed by atoms with Gasteiger partial charge in [-0.25, -0.2) is 4.79 Å². The van der Waals surface area contributed by atoms with Crippen molar-refractivity contribution in [3.8, 4) is 11.4 Å². The number of hydrogen-bond acceptors (Lipinski definition) is 6. The van der Waals surface area contributed by atoms with Gasteiger partial charge in [0.1, 0.15) is 0 Å². The standard InChI is InChI=1S/C24H30N6O3S/c31-21(27-23(32)26-16-7-2-1-3-8-16)15-34-24-29-28-22(30(24)14-17-9-6-12-33-17)19-13-25-20-11-5-4-10-18(19)20/h4-5,10-11,13,16-17,25H,1-3,6-9,12,14-15H2,(H2,26,27,31,32). The number of benzene rings is 1. The Morgan fingerprint density at radius 3 is 2.79 bits per heavy atom. The lowest BCUT2D eigenvalue weighted by Crippen LogP contribution is -2.45. The van der Waals surface area contributed by atoms with Crippen molar-refractivity contribution in [1.29, 1.82) is 0 Å². The summed E-state index contributed by atoms with van der Waals surface area (Å²) in [6, 6.07) is 7.80. The first-order valence-corrected chi connectivity index (χ1v) is 13.0. The fourth-order valence-corrected chi connectivity index (χ4v) is 5.52. The number of amides is 3. The van der Waals surface area contributed by atoms with Crippen molar-refractivity contribution in [2.45, 2.75) is 68.8 Å². The molecule has 2 aromatic heterocycles. The molecule has 1 saturated carbocycles. The summed E-state index contributed by atoms with van der Waals surface area (Å²) in [5.41, 5.74) is 1.99. The quantitative estimate of drug-likeness (QED) is 0.441. The number of aromatic nitrogens is 4. The first-order chi connectivity index (χ1) is 16.7. The molecule has 1 unspecified atom stereocenters. The summed E-state index contributed by atoms with van der Waals surface area (Å²) in [5.74, 6) is 0.472. The number of para-hydroxylation sites is 1. The molecule has 1 aromatic carbocycles. The summed E-state index contributed by atoms with van der Waals surface area (Å²) >= 11 is 1.28. The van der Waals surface area contributed by atoms with Gasteiger partial charge in [-0.3, -0.25) is 14.7 Å². The number of imide groups is 1. The Balaban J connectivity index is 1.28. The van der Waals surface area contributed by atoms with Gasteiger partial charge in [0.25, 0.3) is 0 Å². The normalized spacial score (nSPS) is 18.9. The molecule has 10 heteroatoms. The number of thioether (sulfide) groups is 1. The van der Waals surface area contributed by atoms with Crippen molar-refractivity contribution < 1.29 is 14.3 Å². The van der Waals surface area contributed by atoms with Gasteiger partial charge in [-0.2, -0.15) is 0 Å². The van der Waals surface area contributed by atoms with E-state index >= 15 is 0 Å². The predicted octanol–water partition coefficient (Wildman–Crippen LogP) is 3.86. The number of hydrogen-bond donors (Lipinski definition) is 3. The molecule has 1 saturated heterocycles. The minimum atomic E-state index is -0.419. The van der Waals surface area contributed by atoms with Crippen molar-refractivity contribution in [1.82, 2.24) is 30.4 Å². The van der Waals surface area contributed by atoms with Gasteiger partial charge in [0.15, 0.2) is 11.0 Å². The number of ether oxygens (including phenoxy) is 1. The molecule has 34 heavy (non-hydrogen) atoms. The predicted molar refractivity (Wildman–Crippen MR) is 131 cm³/mol. The third-order valence-electron chi connectivity index (χ3n) is 6.48. The molecule has 0 bridgehead atoms. The fourth-order valence-electron chi connectivity index (χ4n) is 4.77. The zero-order valence-electron chi connectivity index (χ0n) is 19.1. The Bertz CT molecular complexity index is 1150. The minimum Gasteiger partial charge on any atom is -0.376 e. The van der Waals surface area contributed by atoms with Crippen LogP contribution in [-0.2, 0) is 16.1 Å². The lowest BCUT2D eigenvalue weighted by Gasteiger charge is -2.22. The van der Waals surface area contributed by atoms with E-state index < -0.39 is 6.03 Å². The summed E-state index contributed by atoms with van der Waals surface area (Å²) in [6.07, 6.45) is 9.45. The summed E-state index contributed by atoms with van der Waals surface area (Å²) < 4.78 is 7.90. The van der Waals surface area contributed by atoms with Crippen LogP contribution in [0.5, 0.6) is 0 Å². The number of carbonyl (C=O) groups is 2. The van der Waals surface area contributed by atoms with E-state index in [1.807, 2.05) is 29.0 Å². The summed E-state index contributed by atoms with van der Waals surface area (Å²) in [4.78, 5) is 28.0. The second kappa shape index (κ2) is 10.6. The Morgan fingerprint density at radius 2 is 1.97 bits per heavy atom. The Kier molecular flexibility index (Phi) is 7.15. The first kappa shape index (κ1) is 22.9. The average Bonchev–Trinajstić information content (AvgIpc) is 3.59. The first-order valence-electron chi connectivity index (χ1n) is 12.0. The van der Waals surface area contributed by atoms with Crippen molar-refractivity contribution >= 4 is 34.6 Å². The third kappa shape index (κ3) is 5.28. The van der Waals surface area contributed by atoms with Crippen LogP contribution in [0.1, 0.15) is 44.9 Å². The molecule has 2 fully saturated rings. The minimum absolute atomic E-state index is 0.0790. The van der Waals surface area contributed by atoms with E-state index in [-0.39, 0.29) is 23.8 Å². The molecule has 1 aliphatic heterocycles. The summed E-state index contributed by atoms with van der Waals surface area (Å²) in [5, 5.41) is 15.9. The molecule has 9 nitrogen and oxygen atoms in total. The zero-order valence-corrected chi connectivity index (χ0v) is 19.9. The van der Waals surface area contributed by atoms with Crippen LogP contribution < -0.4 is 10.6 Å². The maximum Gasteiger partial charge on any atom is 0.321 e. The van der Waals surface area contributed by atoms with Gasteiger partial charge in [-0.15, -0.1) is 10.2 Å². The van der Waals surface area contributed by atoms with Crippen molar-refractivity contribution in [2.75, 3.05) is 12.4 Å². The molecule has 1 atom stereocenters. The van der Waals surface area contributed by atoms with Crippen LogP contribution in [0.25, 0.3) is 22.3 Å². The van der Waals surface area contributed by atoms with E-state index in [1.165, 1.54) is 18.2 Å². The van der Waals surface area contributed by atoms with Gasteiger partial charge in [-0.1, -0.05) is 49.2 Å². The van der Waals surface area contributed by atoms with Gasteiger partial charge >= 0.3 is 6.03 Å². The van der Waals surface area contributed by atoms with Crippen LogP contribution in [0.3, 0.4) is 0 Å². The SMILES string of the molecule is O=C(CSc1nnc(-c2c[nH]c3ccccc23)n1CC1CCCO1)NC(=O)NC1CCCCC1.